The maximum Gasteiger partial charge on any atom is 0.240 e. The first kappa shape index (κ1) is 13.8. The summed E-state index contributed by atoms with van der Waals surface area (Å²) in [5.74, 6) is 2.24. The molecule has 6 heteroatoms. The van der Waals surface area contributed by atoms with Gasteiger partial charge in [-0.2, -0.15) is 4.98 Å². The third-order valence-electron chi connectivity index (χ3n) is 4.14. The van der Waals surface area contributed by atoms with E-state index in [4.69, 9.17) is 10.3 Å². The molecule has 1 aliphatic heterocycles. The van der Waals surface area contributed by atoms with Crippen LogP contribution < -0.4 is 5.73 Å². The topological polar surface area (TPSA) is 68.2 Å². The molecule has 1 aromatic heterocycles. The second-order valence-electron chi connectivity index (χ2n) is 5.18. The number of hydrogen-bond acceptors (Lipinski definition) is 5. The Bertz CT molecular complexity index is 384. The molecule has 3 rings (SSSR count). The van der Waals surface area contributed by atoms with E-state index in [-0.39, 0.29) is 12.4 Å². The van der Waals surface area contributed by atoms with E-state index in [0.717, 1.165) is 24.3 Å². The standard InChI is InChI=1S/C12H20N4O.ClH/c13-7-12-14-11(15-17-12)8-16-6-2-4-9-3-1-5-10(9)16;/h9-10H,1-8,13H2;1H. The molecule has 2 heterocycles. The highest BCUT2D eigenvalue weighted by atomic mass is 35.5. The van der Waals surface area contributed by atoms with Crippen molar-refractivity contribution in [3.63, 3.8) is 0 Å². The van der Waals surface area contributed by atoms with Gasteiger partial charge in [0.25, 0.3) is 0 Å². The van der Waals surface area contributed by atoms with Gasteiger partial charge in [-0.3, -0.25) is 4.90 Å². The predicted octanol–water partition coefficient (Wildman–Crippen LogP) is 1.71. The summed E-state index contributed by atoms with van der Waals surface area (Å²) in [6, 6.07) is 0.753. The molecule has 0 amide bonds. The summed E-state index contributed by atoms with van der Waals surface area (Å²) in [5, 5.41) is 3.99. The van der Waals surface area contributed by atoms with Gasteiger partial charge in [0, 0.05) is 6.04 Å². The van der Waals surface area contributed by atoms with Gasteiger partial charge in [0.1, 0.15) is 0 Å². The van der Waals surface area contributed by atoms with E-state index in [1.54, 1.807) is 0 Å². The average molecular weight is 273 g/mol. The van der Waals surface area contributed by atoms with Crippen LogP contribution in [0.3, 0.4) is 0 Å². The van der Waals surface area contributed by atoms with Crippen molar-refractivity contribution in [3.8, 4) is 0 Å². The second-order valence-corrected chi connectivity index (χ2v) is 5.18. The lowest BCUT2D eigenvalue weighted by Gasteiger charge is -2.36. The summed E-state index contributed by atoms with van der Waals surface area (Å²) >= 11 is 0. The van der Waals surface area contributed by atoms with Gasteiger partial charge in [-0.15, -0.1) is 12.4 Å². The van der Waals surface area contributed by atoms with Crippen molar-refractivity contribution in [2.75, 3.05) is 6.54 Å². The molecule has 1 saturated heterocycles. The Morgan fingerprint density at radius 1 is 1.28 bits per heavy atom. The summed E-state index contributed by atoms with van der Waals surface area (Å²) in [6.07, 6.45) is 6.84. The Balaban J connectivity index is 0.00000120. The number of hydrogen-bond donors (Lipinski definition) is 1. The number of aromatic nitrogens is 2. The van der Waals surface area contributed by atoms with Crippen molar-refractivity contribution in [1.29, 1.82) is 0 Å². The number of halogens is 1. The van der Waals surface area contributed by atoms with E-state index in [1.165, 1.54) is 38.6 Å². The minimum atomic E-state index is 0. The molecular formula is C12H21ClN4O. The van der Waals surface area contributed by atoms with Crippen LogP contribution in [-0.4, -0.2) is 27.6 Å². The molecule has 0 spiro atoms. The maximum absolute atomic E-state index is 5.47. The minimum absolute atomic E-state index is 0. The highest BCUT2D eigenvalue weighted by Gasteiger charge is 2.35. The Morgan fingerprint density at radius 3 is 2.89 bits per heavy atom. The average Bonchev–Trinajstić information content (AvgIpc) is 2.97. The molecule has 18 heavy (non-hydrogen) atoms. The zero-order valence-electron chi connectivity index (χ0n) is 10.5. The van der Waals surface area contributed by atoms with Crippen LogP contribution in [0.15, 0.2) is 4.52 Å². The summed E-state index contributed by atoms with van der Waals surface area (Å²) in [4.78, 5) is 6.83. The van der Waals surface area contributed by atoms with Gasteiger partial charge in [0.15, 0.2) is 5.82 Å². The quantitative estimate of drug-likeness (QED) is 0.907. The van der Waals surface area contributed by atoms with Crippen molar-refractivity contribution in [3.05, 3.63) is 11.7 Å². The van der Waals surface area contributed by atoms with E-state index >= 15 is 0 Å². The molecule has 1 aliphatic carbocycles. The number of likely N-dealkylation sites (tertiary alicyclic amines) is 1. The third kappa shape index (κ3) is 2.68. The van der Waals surface area contributed by atoms with Crippen LogP contribution in [0.4, 0.5) is 0 Å². The zero-order chi connectivity index (χ0) is 11.7. The summed E-state index contributed by atoms with van der Waals surface area (Å²) in [5.41, 5.74) is 5.47. The monoisotopic (exact) mass is 272 g/mol. The first-order valence-electron chi connectivity index (χ1n) is 6.62. The van der Waals surface area contributed by atoms with Crippen molar-refractivity contribution in [1.82, 2.24) is 15.0 Å². The summed E-state index contributed by atoms with van der Waals surface area (Å²) < 4.78 is 5.05. The van der Waals surface area contributed by atoms with Crippen LogP contribution in [0.25, 0.3) is 0 Å². The van der Waals surface area contributed by atoms with Crippen LogP contribution in [0.5, 0.6) is 0 Å². The number of rotatable bonds is 3. The Morgan fingerprint density at radius 2 is 2.11 bits per heavy atom. The Hall–Kier alpha value is -0.650. The van der Waals surface area contributed by atoms with Gasteiger partial charge in [-0.25, -0.2) is 0 Å². The van der Waals surface area contributed by atoms with E-state index < -0.39 is 0 Å². The lowest BCUT2D eigenvalue weighted by Crippen LogP contribution is -2.42. The van der Waals surface area contributed by atoms with Crippen LogP contribution in [0, 0.1) is 5.92 Å². The van der Waals surface area contributed by atoms with Crippen molar-refractivity contribution >= 4 is 12.4 Å². The number of piperidine rings is 1. The molecule has 0 bridgehead atoms. The molecule has 1 aromatic rings. The number of fused-ring (bicyclic) bond motifs is 1. The molecule has 5 nitrogen and oxygen atoms in total. The molecule has 2 atom stereocenters. The van der Waals surface area contributed by atoms with Crippen molar-refractivity contribution < 1.29 is 4.52 Å². The summed E-state index contributed by atoms with van der Waals surface area (Å²) in [6.45, 7) is 2.33. The van der Waals surface area contributed by atoms with Crippen LogP contribution in [0.2, 0.25) is 0 Å². The molecule has 2 N–H and O–H groups in total. The fourth-order valence-electron chi connectivity index (χ4n) is 3.37. The van der Waals surface area contributed by atoms with E-state index in [1.807, 2.05) is 0 Å². The van der Waals surface area contributed by atoms with Crippen LogP contribution in [0.1, 0.15) is 43.8 Å². The SMILES string of the molecule is Cl.NCc1nc(CN2CCCC3CCCC32)no1. The van der Waals surface area contributed by atoms with Crippen molar-refractivity contribution in [2.24, 2.45) is 11.7 Å². The van der Waals surface area contributed by atoms with Crippen molar-refractivity contribution in [2.45, 2.75) is 51.2 Å². The van der Waals surface area contributed by atoms with Gasteiger partial charge < -0.3 is 10.3 Å². The molecular weight excluding hydrogens is 252 g/mol. The molecule has 2 unspecified atom stereocenters. The second kappa shape index (κ2) is 5.99. The third-order valence-corrected chi connectivity index (χ3v) is 4.14. The predicted molar refractivity (Wildman–Crippen MR) is 70.2 cm³/mol. The molecule has 2 aliphatic rings. The first-order chi connectivity index (χ1) is 8.36. The van der Waals surface area contributed by atoms with Gasteiger partial charge in [-0.05, 0) is 38.1 Å². The highest BCUT2D eigenvalue weighted by molar-refractivity contribution is 5.85. The smallest absolute Gasteiger partial charge is 0.240 e. The van der Waals surface area contributed by atoms with Gasteiger partial charge in [0.2, 0.25) is 5.89 Å². The Kier molecular flexibility index (Phi) is 4.59. The molecule has 1 saturated carbocycles. The number of nitrogens with two attached hydrogens (primary N) is 1. The fourth-order valence-corrected chi connectivity index (χ4v) is 3.37. The first-order valence-corrected chi connectivity index (χ1v) is 6.62. The lowest BCUT2D eigenvalue weighted by molar-refractivity contribution is 0.102. The largest absolute Gasteiger partial charge is 0.338 e. The van der Waals surface area contributed by atoms with Gasteiger partial charge in [-0.1, -0.05) is 11.6 Å². The number of nitrogens with zero attached hydrogens (tertiary/aromatic N) is 3. The summed E-state index contributed by atoms with van der Waals surface area (Å²) in [7, 11) is 0. The van der Waals surface area contributed by atoms with Gasteiger partial charge in [0.05, 0.1) is 13.1 Å². The normalized spacial score (nSPS) is 27.8. The van der Waals surface area contributed by atoms with Crippen LogP contribution >= 0.6 is 12.4 Å². The lowest BCUT2D eigenvalue weighted by atomic mass is 9.92. The van der Waals surface area contributed by atoms with E-state index in [2.05, 4.69) is 15.0 Å². The molecule has 0 radical (unpaired) electrons. The highest BCUT2D eigenvalue weighted by Crippen LogP contribution is 2.37. The molecule has 0 aromatic carbocycles. The Labute approximate surface area is 114 Å². The fraction of sp³-hybridized carbons (Fsp3) is 0.833. The van der Waals surface area contributed by atoms with Crippen LogP contribution in [-0.2, 0) is 13.1 Å². The van der Waals surface area contributed by atoms with E-state index in [0.29, 0.717) is 12.4 Å². The molecule has 102 valence electrons. The van der Waals surface area contributed by atoms with E-state index in [9.17, 15) is 0 Å². The maximum atomic E-state index is 5.47. The van der Waals surface area contributed by atoms with Gasteiger partial charge >= 0.3 is 0 Å². The minimum Gasteiger partial charge on any atom is -0.338 e. The zero-order valence-corrected chi connectivity index (χ0v) is 11.4. The molecule has 2 fully saturated rings.